The molecule has 2 aliphatic carbocycles. The number of carbonyl (C=O) groups is 1. The predicted molar refractivity (Wildman–Crippen MR) is 118 cm³/mol. The fourth-order valence-electron chi connectivity index (χ4n) is 3.99. The maximum Gasteiger partial charge on any atom is 0.274 e. The number of amides is 1. The molecule has 3 aromatic heterocycles. The van der Waals surface area contributed by atoms with Crippen LogP contribution in [0, 0.1) is 0 Å². The Kier molecular flexibility index (Phi) is 4.56. The second-order valence-corrected chi connectivity index (χ2v) is 8.56. The van der Waals surface area contributed by atoms with Crippen LogP contribution in [0.15, 0.2) is 67.0 Å². The summed E-state index contributed by atoms with van der Waals surface area (Å²) >= 11 is 0. The zero-order valence-electron chi connectivity index (χ0n) is 17.5. The molecule has 32 heavy (non-hydrogen) atoms. The summed E-state index contributed by atoms with van der Waals surface area (Å²) in [7, 11) is 0. The molecule has 4 heterocycles. The van der Waals surface area contributed by atoms with Gasteiger partial charge in [-0.25, -0.2) is 0 Å². The first kappa shape index (κ1) is 18.9. The number of hydrogen-bond donors (Lipinski definition) is 2. The normalized spacial score (nSPS) is 19.9. The smallest absolute Gasteiger partial charge is 0.274 e. The number of pyridine rings is 2. The molecule has 0 bridgehead atoms. The number of nitrogens with one attached hydrogen (secondary N) is 2. The van der Waals surface area contributed by atoms with E-state index in [1.165, 1.54) is 12.8 Å². The molecule has 8 nitrogen and oxygen atoms in total. The van der Waals surface area contributed by atoms with Gasteiger partial charge in [-0.2, -0.15) is 0 Å². The lowest BCUT2D eigenvalue weighted by Gasteiger charge is -2.19. The van der Waals surface area contributed by atoms with Crippen LogP contribution >= 0.6 is 0 Å². The average Bonchev–Trinajstić information content (AvgIpc) is 3.78. The molecular formula is C24H23N7O. The summed E-state index contributed by atoms with van der Waals surface area (Å²) < 4.78 is 2.11. The first-order valence-corrected chi connectivity index (χ1v) is 11.0. The van der Waals surface area contributed by atoms with Crippen LogP contribution in [0.2, 0.25) is 0 Å². The van der Waals surface area contributed by atoms with Gasteiger partial charge < -0.3 is 15.2 Å². The predicted octanol–water partition coefficient (Wildman–Crippen LogP) is 3.42. The second kappa shape index (κ2) is 7.71. The van der Waals surface area contributed by atoms with E-state index in [1.807, 2.05) is 30.6 Å². The molecule has 1 amide bonds. The van der Waals surface area contributed by atoms with Gasteiger partial charge in [-0.15, -0.1) is 10.2 Å². The summed E-state index contributed by atoms with van der Waals surface area (Å²) in [6.45, 7) is 0. The third-order valence-electron chi connectivity index (χ3n) is 6.07. The maximum absolute atomic E-state index is 12.9. The Balaban J connectivity index is 1.19. The van der Waals surface area contributed by atoms with Crippen LogP contribution in [0.3, 0.4) is 0 Å². The molecule has 1 atom stereocenters. The first-order valence-electron chi connectivity index (χ1n) is 11.0. The van der Waals surface area contributed by atoms with Gasteiger partial charge in [-0.05, 0) is 67.8 Å². The van der Waals surface area contributed by atoms with E-state index >= 15 is 0 Å². The molecule has 0 radical (unpaired) electrons. The lowest BCUT2D eigenvalue weighted by atomic mass is 10.1. The summed E-state index contributed by atoms with van der Waals surface area (Å²) in [5.41, 5.74) is 4.11. The van der Waals surface area contributed by atoms with Crippen LogP contribution in [0.25, 0.3) is 11.1 Å². The largest absolute Gasteiger partial charge is 0.378 e. The van der Waals surface area contributed by atoms with E-state index < -0.39 is 0 Å². The average molecular weight is 425 g/mol. The van der Waals surface area contributed by atoms with Crippen LogP contribution in [0.4, 0.5) is 0 Å². The fraction of sp³-hybridized carbons (Fsp3) is 0.292. The van der Waals surface area contributed by atoms with Crippen LogP contribution in [0.5, 0.6) is 0 Å². The lowest BCUT2D eigenvalue weighted by molar-refractivity contribution is 0.0962. The molecule has 160 valence electrons. The quantitative estimate of drug-likeness (QED) is 0.628. The minimum Gasteiger partial charge on any atom is -0.378 e. The van der Waals surface area contributed by atoms with E-state index in [0.717, 1.165) is 35.5 Å². The highest BCUT2D eigenvalue weighted by molar-refractivity contribution is 5.94. The Bertz CT molecular complexity index is 1220. The van der Waals surface area contributed by atoms with Gasteiger partial charge >= 0.3 is 0 Å². The van der Waals surface area contributed by atoms with E-state index in [4.69, 9.17) is 0 Å². The van der Waals surface area contributed by atoms with E-state index in [2.05, 4.69) is 47.5 Å². The molecule has 0 saturated heterocycles. The molecule has 0 aromatic carbocycles. The maximum atomic E-state index is 12.9. The summed E-state index contributed by atoms with van der Waals surface area (Å²) in [5, 5.41) is 14.6. The van der Waals surface area contributed by atoms with E-state index in [1.54, 1.807) is 18.6 Å². The monoisotopic (exact) mass is 425 g/mol. The van der Waals surface area contributed by atoms with E-state index in [9.17, 15) is 4.79 Å². The summed E-state index contributed by atoms with van der Waals surface area (Å²) in [5.74, 6) is 1.22. The molecule has 1 unspecified atom stereocenters. The van der Waals surface area contributed by atoms with Crippen molar-refractivity contribution in [2.75, 3.05) is 0 Å². The molecule has 0 spiro atoms. The number of aromatic nitrogens is 5. The van der Waals surface area contributed by atoms with E-state index in [0.29, 0.717) is 23.4 Å². The van der Waals surface area contributed by atoms with Crippen LogP contribution in [0.1, 0.15) is 65.7 Å². The number of nitrogens with zero attached hydrogens (tertiary/aromatic N) is 5. The summed E-state index contributed by atoms with van der Waals surface area (Å²) in [6, 6.07) is 8.19. The van der Waals surface area contributed by atoms with Crippen molar-refractivity contribution in [3.63, 3.8) is 0 Å². The number of carbonyl (C=O) groups excluding carboxylic acids is 1. The molecule has 2 N–H and O–H groups in total. The highest BCUT2D eigenvalue weighted by Crippen LogP contribution is 2.39. The second-order valence-electron chi connectivity index (χ2n) is 8.56. The Hall–Kier alpha value is -3.81. The Morgan fingerprint density at radius 3 is 2.78 bits per heavy atom. The SMILES string of the molecule is O=C(NC1=CC(c2nncn2C2CC2)NC=C1)c1cc(-c2ccc(C3CC3)nc2)ccn1. The molecule has 3 aromatic rings. The number of hydrogen-bond acceptors (Lipinski definition) is 6. The molecule has 2 saturated carbocycles. The minimum absolute atomic E-state index is 0.145. The zero-order valence-corrected chi connectivity index (χ0v) is 17.5. The Morgan fingerprint density at radius 1 is 1.09 bits per heavy atom. The van der Waals surface area contributed by atoms with Gasteiger partial charge in [-0.3, -0.25) is 14.8 Å². The molecular weight excluding hydrogens is 402 g/mol. The molecule has 1 aliphatic heterocycles. The summed E-state index contributed by atoms with van der Waals surface area (Å²) in [4.78, 5) is 21.8. The van der Waals surface area contributed by atoms with Crippen molar-refractivity contribution in [2.45, 2.75) is 43.7 Å². The van der Waals surface area contributed by atoms with Crippen molar-refractivity contribution in [2.24, 2.45) is 0 Å². The topological polar surface area (TPSA) is 97.6 Å². The first-order chi connectivity index (χ1) is 15.7. The number of rotatable bonds is 6. The number of dihydropyridines is 1. The molecule has 3 aliphatic rings. The highest BCUT2D eigenvalue weighted by atomic mass is 16.1. The Labute approximate surface area is 185 Å². The van der Waals surface area contributed by atoms with Crippen LogP contribution in [-0.2, 0) is 0 Å². The van der Waals surface area contributed by atoms with Gasteiger partial charge in [0.1, 0.15) is 18.1 Å². The molecule has 8 heteroatoms. The Morgan fingerprint density at radius 2 is 2.00 bits per heavy atom. The highest BCUT2D eigenvalue weighted by Gasteiger charge is 2.29. The van der Waals surface area contributed by atoms with Gasteiger partial charge in [0.15, 0.2) is 5.82 Å². The zero-order chi connectivity index (χ0) is 21.5. The van der Waals surface area contributed by atoms with Gasteiger partial charge in [0.05, 0.1) is 0 Å². The minimum atomic E-state index is -0.255. The van der Waals surface area contributed by atoms with Crippen molar-refractivity contribution in [1.82, 2.24) is 35.4 Å². The molecule has 2 fully saturated rings. The van der Waals surface area contributed by atoms with Crippen molar-refractivity contribution < 1.29 is 4.79 Å². The number of allylic oxidation sites excluding steroid dienone is 1. The lowest BCUT2D eigenvalue weighted by Crippen LogP contribution is -2.28. The van der Waals surface area contributed by atoms with Crippen molar-refractivity contribution in [1.29, 1.82) is 0 Å². The van der Waals surface area contributed by atoms with E-state index in [-0.39, 0.29) is 11.9 Å². The molecule has 6 rings (SSSR count). The standard InChI is InChI=1S/C24H23N7O/c32-24(22-11-16(7-9-26-22)17-3-6-20(27-13-17)15-1-2-15)29-18-8-10-25-21(12-18)23-30-28-14-31(23)19-4-5-19/h3,6-15,19,21,25H,1-2,4-5H2,(H,29,32). The van der Waals surface area contributed by atoms with Crippen molar-refractivity contribution in [3.05, 3.63) is 84.2 Å². The van der Waals surface area contributed by atoms with Gasteiger partial charge in [0.25, 0.3) is 5.91 Å². The van der Waals surface area contributed by atoms with Crippen LogP contribution < -0.4 is 10.6 Å². The third-order valence-corrected chi connectivity index (χ3v) is 6.07. The third kappa shape index (κ3) is 3.79. The van der Waals surface area contributed by atoms with Gasteiger partial charge in [0.2, 0.25) is 0 Å². The summed E-state index contributed by atoms with van der Waals surface area (Å²) in [6.07, 6.45) is 15.7. The van der Waals surface area contributed by atoms with Gasteiger partial charge in [-0.1, -0.05) is 6.07 Å². The fourth-order valence-corrected chi connectivity index (χ4v) is 3.99. The van der Waals surface area contributed by atoms with Gasteiger partial charge in [0, 0.05) is 41.3 Å². The van der Waals surface area contributed by atoms with Crippen LogP contribution in [-0.4, -0.2) is 30.6 Å². The van der Waals surface area contributed by atoms with Crippen molar-refractivity contribution >= 4 is 5.91 Å². The van der Waals surface area contributed by atoms with Crippen molar-refractivity contribution in [3.8, 4) is 11.1 Å².